The van der Waals surface area contributed by atoms with Crippen LogP contribution in [0.3, 0.4) is 0 Å². The topological polar surface area (TPSA) is 111 Å². The number of pyridine rings is 1. The number of aromatic nitrogens is 5. The molecule has 0 saturated carbocycles. The van der Waals surface area contributed by atoms with Crippen LogP contribution in [0.1, 0.15) is 34.6 Å². The molecule has 2 aliphatic rings. The van der Waals surface area contributed by atoms with Crippen molar-refractivity contribution in [3.05, 3.63) is 79.9 Å². The molecular weight excluding hydrogens is 628 g/mol. The average molecular weight is 651 g/mol. The molecule has 0 amide bonds. The van der Waals surface area contributed by atoms with E-state index in [1.54, 1.807) is 0 Å². The van der Waals surface area contributed by atoms with Gasteiger partial charge in [0, 0.05) is 30.3 Å². The van der Waals surface area contributed by atoms with E-state index >= 15 is 0 Å². The van der Waals surface area contributed by atoms with Gasteiger partial charge < -0.3 is 14.0 Å². The van der Waals surface area contributed by atoms with Crippen LogP contribution in [-0.4, -0.2) is 48.8 Å². The first-order valence-corrected chi connectivity index (χ1v) is 14.9. The smallest absolute Gasteiger partial charge is 0.439 e. The molecule has 230 valence electrons. The number of halogens is 5. The summed E-state index contributed by atoms with van der Waals surface area (Å²) in [4.78, 5) is 26.6. The minimum atomic E-state index is -4.70. The Labute approximate surface area is 255 Å². The van der Waals surface area contributed by atoms with E-state index in [4.69, 9.17) is 26.1 Å². The maximum Gasteiger partial charge on any atom is 0.439 e. The molecule has 6 heterocycles. The molecule has 4 aromatic heterocycles. The maximum atomic E-state index is 14.3. The van der Waals surface area contributed by atoms with E-state index in [0.717, 1.165) is 34.7 Å². The molecule has 7 rings (SSSR count). The number of rotatable bonds is 8. The Hall–Kier alpha value is -3.79. The molecule has 1 fully saturated rings. The summed E-state index contributed by atoms with van der Waals surface area (Å²) in [6.45, 7) is 2.01. The Morgan fingerprint density at radius 3 is 2.75 bits per heavy atom. The zero-order valence-electron chi connectivity index (χ0n) is 22.8. The maximum absolute atomic E-state index is 14.3. The highest BCUT2D eigenvalue weighted by Crippen LogP contribution is 2.38. The van der Waals surface area contributed by atoms with Crippen molar-refractivity contribution < 1.29 is 31.6 Å². The Bertz CT molecular complexity index is 1910. The van der Waals surface area contributed by atoms with Gasteiger partial charge in [-0.25, -0.2) is 19.2 Å². The molecule has 1 aromatic carbocycles. The fourth-order valence-electron chi connectivity index (χ4n) is 5.30. The predicted octanol–water partition coefficient (Wildman–Crippen LogP) is 5.57. The molecule has 2 aliphatic heterocycles. The predicted molar refractivity (Wildman–Crippen MR) is 151 cm³/mol. The molecule has 1 N–H and O–H groups in total. The van der Waals surface area contributed by atoms with Crippen LogP contribution < -0.4 is 10.5 Å². The second-order valence-corrected chi connectivity index (χ2v) is 12.1. The quantitative estimate of drug-likeness (QED) is 0.217. The number of alkyl halides is 3. The summed E-state index contributed by atoms with van der Waals surface area (Å²) in [5, 5.41) is 3.94. The van der Waals surface area contributed by atoms with Gasteiger partial charge in [-0.2, -0.15) is 13.2 Å². The second kappa shape index (κ2) is 11.3. The lowest BCUT2D eigenvalue weighted by atomic mass is 10.0. The van der Waals surface area contributed by atoms with Crippen molar-refractivity contribution >= 4 is 33.3 Å². The van der Waals surface area contributed by atoms with Gasteiger partial charge in [-0.05, 0) is 42.7 Å². The van der Waals surface area contributed by atoms with Crippen molar-refractivity contribution in [1.82, 2.24) is 29.6 Å². The largest absolute Gasteiger partial charge is 0.472 e. The van der Waals surface area contributed by atoms with Crippen LogP contribution in [0.5, 0.6) is 5.88 Å². The fraction of sp³-hybridized carbons (Fsp3) is 0.357. The number of nitrogens with zero attached hydrogens (tertiary/aromatic N) is 5. The number of thiophene rings is 1. The number of fused-ring (bicyclic) bond motifs is 2. The van der Waals surface area contributed by atoms with E-state index in [2.05, 4.69) is 29.1 Å². The fourth-order valence-corrected chi connectivity index (χ4v) is 6.45. The molecule has 0 bridgehead atoms. The molecule has 0 unspecified atom stereocenters. The Kier molecular flexibility index (Phi) is 7.43. The van der Waals surface area contributed by atoms with Crippen LogP contribution in [0.15, 0.2) is 39.6 Å². The molecule has 10 nitrogen and oxygen atoms in total. The number of hydrogen-bond acceptors (Lipinski definition) is 9. The number of hydrogen-bond donors (Lipinski definition) is 1. The highest BCUT2D eigenvalue weighted by molar-refractivity contribution is 7.21. The van der Waals surface area contributed by atoms with Crippen LogP contribution in [-0.2, 0) is 43.6 Å². The lowest BCUT2D eigenvalue weighted by Gasteiger charge is -2.30. The van der Waals surface area contributed by atoms with E-state index in [-0.39, 0.29) is 23.2 Å². The first-order chi connectivity index (χ1) is 21.1. The third kappa shape index (κ3) is 5.72. The lowest BCUT2D eigenvalue weighted by Crippen LogP contribution is -2.34. The molecular formula is C28H23ClF4N6O4S. The zero-order chi connectivity index (χ0) is 30.6. The number of imidazole rings is 1. The second-order valence-electron chi connectivity index (χ2n) is 10.6. The van der Waals surface area contributed by atoms with Gasteiger partial charge >= 0.3 is 11.9 Å². The third-order valence-corrected chi connectivity index (χ3v) is 8.92. The molecule has 0 radical (unpaired) electrons. The molecule has 44 heavy (non-hydrogen) atoms. The monoisotopic (exact) mass is 650 g/mol. The zero-order valence-corrected chi connectivity index (χ0v) is 24.4. The van der Waals surface area contributed by atoms with Crippen molar-refractivity contribution in [2.24, 2.45) is 0 Å². The van der Waals surface area contributed by atoms with Gasteiger partial charge in [0.2, 0.25) is 5.88 Å². The van der Waals surface area contributed by atoms with Crippen molar-refractivity contribution in [3.63, 3.8) is 0 Å². The molecule has 0 spiro atoms. The van der Waals surface area contributed by atoms with E-state index < -0.39 is 35.8 Å². The van der Waals surface area contributed by atoms with E-state index in [1.165, 1.54) is 23.5 Å². The Morgan fingerprint density at radius 1 is 1.20 bits per heavy atom. The first-order valence-electron chi connectivity index (χ1n) is 13.7. The van der Waals surface area contributed by atoms with Crippen molar-refractivity contribution in [2.75, 3.05) is 13.2 Å². The van der Waals surface area contributed by atoms with Crippen LogP contribution in [0.4, 0.5) is 17.6 Å². The number of aromatic amines is 1. The number of ether oxygens (including phenoxy) is 2. The van der Waals surface area contributed by atoms with Crippen molar-refractivity contribution in [2.45, 2.75) is 51.4 Å². The molecule has 5 aromatic rings. The normalized spacial score (nSPS) is 17.2. The first kappa shape index (κ1) is 29.0. The summed E-state index contributed by atoms with van der Waals surface area (Å²) in [6, 6.07) is 6.84. The van der Waals surface area contributed by atoms with Crippen LogP contribution in [0.2, 0.25) is 5.02 Å². The average Bonchev–Trinajstić information content (AvgIpc) is 3.64. The summed E-state index contributed by atoms with van der Waals surface area (Å²) >= 11 is 7.15. The molecule has 1 saturated heterocycles. The van der Waals surface area contributed by atoms with Gasteiger partial charge in [0.25, 0.3) is 0 Å². The number of benzene rings is 1. The van der Waals surface area contributed by atoms with Crippen LogP contribution >= 0.6 is 22.9 Å². The van der Waals surface area contributed by atoms with E-state index in [0.29, 0.717) is 54.6 Å². The molecule has 0 aliphatic carbocycles. The SMILES string of the molecule is O=c1[nH]c(-c2cc3c(nc(CN4CCc5cc(C(F)(F)F)c(OCc6ccc(Cl)cc6F)nc5C4)n3C[C@@H]3CCO3)s2)no1. The minimum absolute atomic E-state index is 0.0380. The van der Waals surface area contributed by atoms with Crippen molar-refractivity contribution in [3.8, 4) is 16.6 Å². The van der Waals surface area contributed by atoms with Crippen molar-refractivity contribution in [1.29, 1.82) is 0 Å². The van der Waals surface area contributed by atoms with Gasteiger partial charge in [-0.1, -0.05) is 22.8 Å². The Morgan fingerprint density at radius 2 is 2.05 bits per heavy atom. The number of H-pyrrole nitrogens is 1. The van der Waals surface area contributed by atoms with Crippen LogP contribution in [0, 0.1) is 5.82 Å². The Balaban J connectivity index is 1.15. The third-order valence-electron chi connectivity index (χ3n) is 7.66. The summed E-state index contributed by atoms with van der Waals surface area (Å²) in [7, 11) is 0. The van der Waals surface area contributed by atoms with Gasteiger partial charge in [-0.3, -0.25) is 14.4 Å². The van der Waals surface area contributed by atoms with Gasteiger partial charge in [0.1, 0.15) is 28.6 Å². The molecule has 1 atom stereocenters. The molecule has 16 heteroatoms. The summed E-state index contributed by atoms with van der Waals surface area (Å²) in [5.74, 6) is -0.842. The summed E-state index contributed by atoms with van der Waals surface area (Å²) < 4.78 is 74.0. The standard InChI is InChI=1S/C28H23ClF4N6O4S/c29-16-2-1-15(19(30)8-16)13-42-25-18(28(31,32)33)7-14-3-5-38(11-20(14)34-25)12-23-35-26-21(39(23)10-17-4-6-41-17)9-22(44-26)24-36-27(40)43-37-24/h1-2,7-9,17H,3-6,10-13H2,(H,36,37,40)/t17-/m0/s1. The lowest BCUT2D eigenvalue weighted by molar-refractivity contribution is -0.139. The minimum Gasteiger partial charge on any atom is -0.472 e. The highest BCUT2D eigenvalue weighted by Gasteiger charge is 2.37. The van der Waals surface area contributed by atoms with Gasteiger partial charge in [0.15, 0.2) is 5.82 Å². The van der Waals surface area contributed by atoms with E-state index in [9.17, 15) is 22.4 Å². The van der Waals surface area contributed by atoms with Crippen LogP contribution in [0.25, 0.3) is 21.0 Å². The number of nitrogens with one attached hydrogen (secondary N) is 1. The highest BCUT2D eigenvalue weighted by atomic mass is 35.5. The van der Waals surface area contributed by atoms with Gasteiger partial charge in [-0.15, -0.1) is 11.3 Å². The van der Waals surface area contributed by atoms with E-state index in [1.807, 2.05) is 6.07 Å². The summed E-state index contributed by atoms with van der Waals surface area (Å²) in [5.41, 5.74) is 0.853. The summed E-state index contributed by atoms with van der Waals surface area (Å²) in [6.07, 6.45) is -3.40. The van der Waals surface area contributed by atoms with Gasteiger partial charge in [0.05, 0.1) is 35.3 Å².